The summed E-state index contributed by atoms with van der Waals surface area (Å²) in [6.45, 7) is 2.33. The highest BCUT2D eigenvalue weighted by Gasteiger charge is 2.09. The molecule has 0 fully saturated rings. The first-order valence-electron chi connectivity index (χ1n) is 5.07. The summed E-state index contributed by atoms with van der Waals surface area (Å²) in [6, 6.07) is 4.61. The van der Waals surface area contributed by atoms with Gasteiger partial charge < -0.3 is 5.73 Å². The first kappa shape index (κ1) is 11.3. The maximum Gasteiger partial charge on any atom is 0.124 e. The molecule has 0 aliphatic heterocycles. The topological polar surface area (TPSA) is 38.9 Å². The molecule has 0 bridgehead atoms. The van der Waals surface area contributed by atoms with Crippen LogP contribution in [0.25, 0.3) is 10.9 Å². The van der Waals surface area contributed by atoms with Crippen molar-refractivity contribution in [2.75, 3.05) is 6.54 Å². The molecule has 2 N–H and O–H groups in total. The Morgan fingerprint density at radius 3 is 2.81 bits per heavy atom. The van der Waals surface area contributed by atoms with E-state index < -0.39 is 0 Å². The van der Waals surface area contributed by atoms with Crippen molar-refractivity contribution in [1.82, 2.24) is 4.98 Å². The van der Waals surface area contributed by atoms with Crippen LogP contribution in [0.1, 0.15) is 11.3 Å². The number of nitrogens with zero attached hydrogens (tertiary/aromatic N) is 1. The molecule has 4 heteroatoms. The van der Waals surface area contributed by atoms with Crippen molar-refractivity contribution >= 4 is 22.5 Å². The molecule has 0 aliphatic carbocycles. The number of halogens is 2. The molecule has 0 aliphatic rings. The van der Waals surface area contributed by atoms with E-state index in [0.29, 0.717) is 23.4 Å². The van der Waals surface area contributed by atoms with Crippen LogP contribution >= 0.6 is 11.6 Å². The molecule has 2 rings (SSSR count). The second kappa shape index (κ2) is 4.36. The third-order valence-electron chi connectivity index (χ3n) is 2.45. The van der Waals surface area contributed by atoms with Crippen LogP contribution in [0.4, 0.5) is 4.39 Å². The summed E-state index contributed by atoms with van der Waals surface area (Å²) in [7, 11) is 0. The molecular weight excluding hydrogens is 227 g/mol. The Labute approximate surface area is 98.2 Å². The summed E-state index contributed by atoms with van der Waals surface area (Å²) in [4.78, 5) is 4.39. The van der Waals surface area contributed by atoms with Crippen LogP contribution in [0.5, 0.6) is 0 Å². The van der Waals surface area contributed by atoms with E-state index in [1.165, 1.54) is 12.1 Å². The maximum absolute atomic E-state index is 13.4. The lowest BCUT2D eigenvalue weighted by Gasteiger charge is -2.07. The Morgan fingerprint density at radius 1 is 1.38 bits per heavy atom. The average Bonchev–Trinajstić information content (AvgIpc) is 2.20. The first-order valence-corrected chi connectivity index (χ1v) is 5.45. The fourth-order valence-corrected chi connectivity index (χ4v) is 2.09. The third kappa shape index (κ3) is 2.01. The zero-order chi connectivity index (χ0) is 11.7. The van der Waals surface area contributed by atoms with Gasteiger partial charge in [-0.2, -0.15) is 0 Å². The van der Waals surface area contributed by atoms with Gasteiger partial charge in [0.15, 0.2) is 0 Å². The first-order chi connectivity index (χ1) is 7.61. The summed E-state index contributed by atoms with van der Waals surface area (Å²) in [5, 5.41) is 1.18. The standard InChI is InChI=1S/C12H12ClFN2/c1-7-4-11(13)10-6-9(14)5-8(2-3-15)12(10)16-7/h4-6H,2-3,15H2,1H3. The number of benzene rings is 1. The summed E-state index contributed by atoms with van der Waals surface area (Å²) >= 11 is 6.07. The van der Waals surface area contributed by atoms with E-state index in [2.05, 4.69) is 4.98 Å². The van der Waals surface area contributed by atoms with Gasteiger partial charge in [0.05, 0.1) is 10.5 Å². The Morgan fingerprint density at radius 2 is 2.12 bits per heavy atom. The van der Waals surface area contributed by atoms with Gasteiger partial charge in [0.25, 0.3) is 0 Å². The molecule has 16 heavy (non-hydrogen) atoms. The van der Waals surface area contributed by atoms with Gasteiger partial charge in [0.1, 0.15) is 5.82 Å². The van der Waals surface area contributed by atoms with Crippen LogP contribution in [0.2, 0.25) is 5.02 Å². The second-order valence-corrected chi connectivity index (χ2v) is 4.15. The molecule has 0 saturated heterocycles. The second-order valence-electron chi connectivity index (χ2n) is 3.75. The van der Waals surface area contributed by atoms with Crippen molar-refractivity contribution in [2.45, 2.75) is 13.3 Å². The van der Waals surface area contributed by atoms with Gasteiger partial charge >= 0.3 is 0 Å². The smallest absolute Gasteiger partial charge is 0.124 e. The minimum atomic E-state index is -0.302. The minimum Gasteiger partial charge on any atom is -0.330 e. The van der Waals surface area contributed by atoms with Crippen molar-refractivity contribution < 1.29 is 4.39 Å². The van der Waals surface area contributed by atoms with Crippen molar-refractivity contribution in [3.63, 3.8) is 0 Å². The van der Waals surface area contributed by atoms with Crippen LogP contribution in [-0.2, 0) is 6.42 Å². The Balaban J connectivity index is 2.78. The fraction of sp³-hybridized carbons (Fsp3) is 0.250. The van der Waals surface area contributed by atoms with E-state index in [9.17, 15) is 4.39 Å². The van der Waals surface area contributed by atoms with Crippen molar-refractivity contribution in [3.8, 4) is 0 Å². The van der Waals surface area contributed by atoms with Gasteiger partial charge in [-0.25, -0.2) is 4.39 Å². The molecule has 0 unspecified atom stereocenters. The number of aromatic nitrogens is 1. The predicted octanol–water partition coefficient (Wildman–Crippen LogP) is 2.84. The van der Waals surface area contributed by atoms with Gasteiger partial charge in [0.2, 0.25) is 0 Å². The molecule has 84 valence electrons. The molecule has 0 atom stereocenters. The minimum absolute atomic E-state index is 0.302. The molecule has 2 nitrogen and oxygen atoms in total. The van der Waals surface area contributed by atoms with Crippen molar-refractivity contribution in [1.29, 1.82) is 0 Å². The molecule has 2 aromatic rings. The Bertz CT molecular complexity index is 540. The number of pyridine rings is 1. The third-order valence-corrected chi connectivity index (χ3v) is 2.76. The molecule has 0 radical (unpaired) electrons. The maximum atomic E-state index is 13.4. The van der Waals surface area contributed by atoms with E-state index in [4.69, 9.17) is 17.3 Å². The van der Waals surface area contributed by atoms with E-state index in [1.807, 2.05) is 6.92 Å². The molecule has 1 aromatic heterocycles. The lowest BCUT2D eigenvalue weighted by Crippen LogP contribution is -2.04. The quantitative estimate of drug-likeness (QED) is 0.874. The molecule has 0 amide bonds. The van der Waals surface area contributed by atoms with Crippen LogP contribution < -0.4 is 5.73 Å². The summed E-state index contributed by atoms with van der Waals surface area (Å²) in [5.41, 5.74) is 7.87. The van der Waals surface area contributed by atoms with Crippen molar-refractivity contribution in [3.05, 3.63) is 40.3 Å². The Kier molecular flexibility index (Phi) is 3.08. The normalized spacial score (nSPS) is 11.0. The van der Waals surface area contributed by atoms with Gasteiger partial charge in [0, 0.05) is 11.1 Å². The SMILES string of the molecule is Cc1cc(Cl)c2cc(F)cc(CCN)c2n1. The number of nitrogens with two attached hydrogens (primary N) is 1. The van der Waals surface area contributed by atoms with Gasteiger partial charge in [-0.3, -0.25) is 4.98 Å². The zero-order valence-electron chi connectivity index (χ0n) is 8.93. The number of hydrogen-bond acceptors (Lipinski definition) is 2. The van der Waals surface area contributed by atoms with Gasteiger partial charge in [-0.1, -0.05) is 11.6 Å². The summed E-state index contributed by atoms with van der Waals surface area (Å²) < 4.78 is 13.4. The highest BCUT2D eigenvalue weighted by atomic mass is 35.5. The monoisotopic (exact) mass is 238 g/mol. The number of rotatable bonds is 2. The fourth-order valence-electron chi connectivity index (χ4n) is 1.79. The number of hydrogen-bond donors (Lipinski definition) is 1. The number of fused-ring (bicyclic) bond motifs is 1. The molecular formula is C12H12ClFN2. The van der Waals surface area contributed by atoms with E-state index in [0.717, 1.165) is 16.8 Å². The predicted molar refractivity (Wildman–Crippen MR) is 64.2 cm³/mol. The Hall–Kier alpha value is -1.19. The molecule has 0 saturated carbocycles. The summed E-state index contributed by atoms with van der Waals surface area (Å²) in [5.74, 6) is -0.302. The summed E-state index contributed by atoms with van der Waals surface area (Å²) in [6.07, 6.45) is 0.598. The van der Waals surface area contributed by atoms with Gasteiger partial charge in [-0.05, 0) is 43.7 Å². The van der Waals surface area contributed by atoms with Crippen LogP contribution in [0, 0.1) is 12.7 Å². The zero-order valence-corrected chi connectivity index (χ0v) is 9.68. The van der Waals surface area contributed by atoms with Gasteiger partial charge in [-0.15, -0.1) is 0 Å². The van der Waals surface area contributed by atoms with E-state index >= 15 is 0 Å². The van der Waals surface area contributed by atoms with E-state index in [-0.39, 0.29) is 5.82 Å². The average molecular weight is 239 g/mol. The number of aryl methyl sites for hydroxylation is 1. The highest BCUT2D eigenvalue weighted by molar-refractivity contribution is 6.35. The molecule has 1 aromatic carbocycles. The molecule has 1 heterocycles. The van der Waals surface area contributed by atoms with Crippen LogP contribution in [-0.4, -0.2) is 11.5 Å². The lowest BCUT2D eigenvalue weighted by molar-refractivity contribution is 0.627. The highest BCUT2D eigenvalue weighted by Crippen LogP contribution is 2.26. The van der Waals surface area contributed by atoms with Crippen LogP contribution in [0.3, 0.4) is 0 Å². The van der Waals surface area contributed by atoms with Crippen molar-refractivity contribution in [2.24, 2.45) is 5.73 Å². The van der Waals surface area contributed by atoms with Crippen LogP contribution in [0.15, 0.2) is 18.2 Å². The lowest BCUT2D eigenvalue weighted by atomic mass is 10.1. The molecule has 0 spiro atoms. The van der Waals surface area contributed by atoms with E-state index in [1.54, 1.807) is 6.07 Å². The largest absolute Gasteiger partial charge is 0.330 e.